The Morgan fingerprint density at radius 2 is 1.24 bits per heavy atom. The van der Waals surface area contributed by atoms with E-state index in [4.69, 9.17) is 4.98 Å². The molecular weight excluding hydrogens is 306 g/mol. The number of aromatic nitrogens is 3. The van der Waals surface area contributed by atoms with E-state index in [-0.39, 0.29) is 0 Å². The lowest BCUT2D eigenvalue weighted by molar-refractivity contribution is 0.856. The molecule has 3 nitrogen and oxygen atoms in total. The summed E-state index contributed by atoms with van der Waals surface area (Å²) in [6, 6.07) is 12.8. The third-order valence-corrected chi connectivity index (χ3v) is 4.20. The fourth-order valence-corrected chi connectivity index (χ4v) is 3.23. The van der Waals surface area contributed by atoms with Crippen LogP contribution in [0.3, 0.4) is 0 Å². The molecule has 0 aliphatic carbocycles. The summed E-state index contributed by atoms with van der Waals surface area (Å²) in [5.41, 5.74) is 9.25. The second-order valence-corrected chi connectivity index (χ2v) is 6.91. The van der Waals surface area contributed by atoms with E-state index in [0.29, 0.717) is 0 Å². The molecule has 25 heavy (non-hydrogen) atoms. The summed E-state index contributed by atoms with van der Waals surface area (Å²) in [6.45, 7) is 8.39. The summed E-state index contributed by atoms with van der Waals surface area (Å²) in [6.07, 6.45) is 4.48. The van der Waals surface area contributed by atoms with Gasteiger partial charge in [-0.15, -0.1) is 0 Å². The van der Waals surface area contributed by atoms with Gasteiger partial charge in [0.25, 0.3) is 0 Å². The number of nitrogens with zero attached hydrogens (tertiary/aromatic N) is 3. The first-order valence-corrected chi connectivity index (χ1v) is 8.80. The van der Waals surface area contributed by atoms with Crippen molar-refractivity contribution in [1.82, 2.24) is 15.0 Å². The highest BCUT2D eigenvalue weighted by atomic mass is 14.7. The molecule has 0 atom stereocenters. The Balaban J connectivity index is 1.75. The zero-order chi connectivity index (χ0) is 17.8. The van der Waals surface area contributed by atoms with Crippen molar-refractivity contribution in [3.63, 3.8) is 0 Å². The van der Waals surface area contributed by atoms with Crippen LogP contribution in [0.5, 0.6) is 0 Å². The molecule has 0 unspecified atom stereocenters. The Labute approximate surface area is 150 Å². The summed E-state index contributed by atoms with van der Waals surface area (Å²) in [5, 5.41) is 0. The van der Waals surface area contributed by atoms with Crippen molar-refractivity contribution in [2.75, 3.05) is 0 Å². The molecule has 3 aromatic rings. The zero-order valence-corrected chi connectivity index (χ0v) is 15.5. The minimum atomic E-state index is 0.778. The van der Waals surface area contributed by atoms with Crippen LogP contribution >= 0.6 is 0 Å². The van der Waals surface area contributed by atoms with Crippen LogP contribution < -0.4 is 0 Å². The first kappa shape index (κ1) is 17.3. The Morgan fingerprint density at radius 1 is 0.640 bits per heavy atom. The highest BCUT2D eigenvalue weighted by molar-refractivity contribution is 5.27. The molecule has 0 N–H and O–H groups in total. The van der Waals surface area contributed by atoms with E-state index < -0.39 is 0 Å². The van der Waals surface area contributed by atoms with E-state index in [1.807, 2.05) is 19.2 Å². The molecule has 0 aliphatic rings. The van der Waals surface area contributed by atoms with Crippen LogP contribution in [0.25, 0.3) is 0 Å². The standard InChI is InChI=1S/C22H25N3/c1-15-7-8-23-19(10-15)5-6-20-11-17(3)13-22(25-20)14-21-12-16(2)9-18(4)24-21/h7-13H,5-6,14H2,1-4H3. The van der Waals surface area contributed by atoms with Gasteiger partial charge in [0.05, 0.1) is 0 Å². The van der Waals surface area contributed by atoms with Gasteiger partial charge in [-0.05, 0) is 93.6 Å². The van der Waals surface area contributed by atoms with Gasteiger partial charge >= 0.3 is 0 Å². The predicted octanol–water partition coefficient (Wildman–Crippen LogP) is 4.48. The Morgan fingerprint density at radius 3 is 1.96 bits per heavy atom. The van der Waals surface area contributed by atoms with Gasteiger partial charge in [0.2, 0.25) is 0 Å². The Bertz CT molecular complexity index is 864. The minimum Gasteiger partial charge on any atom is -0.261 e. The monoisotopic (exact) mass is 331 g/mol. The fourth-order valence-electron chi connectivity index (χ4n) is 3.23. The number of pyridine rings is 3. The summed E-state index contributed by atoms with van der Waals surface area (Å²) in [4.78, 5) is 13.9. The third-order valence-electron chi connectivity index (χ3n) is 4.20. The number of hydrogen-bond donors (Lipinski definition) is 0. The van der Waals surface area contributed by atoms with Crippen LogP contribution in [0, 0.1) is 27.7 Å². The molecule has 128 valence electrons. The first-order valence-electron chi connectivity index (χ1n) is 8.80. The molecule has 3 rings (SSSR count). The summed E-state index contributed by atoms with van der Waals surface area (Å²) in [7, 11) is 0. The molecule has 3 heterocycles. The smallest absolute Gasteiger partial charge is 0.0469 e. The normalized spacial score (nSPS) is 10.9. The van der Waals surface area contributed by atoms with Crippen LogP contribution in [0.1, 0.15) is 45.2 Å². The minimum absolute atomic E-state index is 0.778. The van der Waals surface area contributed by atoms with E-state index in [0.717, 1.165) is 47.7 Å². The second kappa shape index (κ2) is 7.56. The van der Waals surface area contributed by atoms with Gasteiger partial charge in [-0.25, -0.2) is 0 Å². The van der Waals surface area contributed by atoms with E-state index in [1.165, 1.54) is 16.7 Å². The molecule has 3 heteroatoms. The van der Waals surface area contributed by atoms with Gasteiger partial charge in [0.1, 0.15) is 0 Å². The average Bonchev–Trinajstić information content (AvgIpc) is 2.51. The molecule has 0 saturated heterocycles. The predicted molar refractivity (Wildman–Crippen MR) is 102 cm³/mol. The average molecular weight is 331 g/mol. The van der Waals surface area contributed by atoms with Crippen molar-refractivity contribution < 1.29 is 0 Å². The van der Waals surface area contributed by atoms with Gasteiger partial charge in [-0.3, -0.25) is 15.0 Å². The van der Waals surface area contributed by atoms with Crippen molar-refractivity contribution >= 4 is 0 Å². The fraction of sp³-hybridized carbons (Fsp3) is 0.318. The maximum absolute atomic E-state index is 4.86. The van der Waals surface area contributed by atoms with Crippen LogP contribution in [0.2, 0.25) is 0 Å². The molecule has 0 aliphatic heterocycles. The summed E-state index contributed by atoms with van der Waals surface area (Å²) in [5.74, 6) is 0. The van der Waals surface area contributed by atoms with Crippen LogP contribution in [-0.2, 0) is 19.3 Å². The quantitative estimate of drug-likeness (QED) is 0.692. The van der Waals surface area contributed by atoms with E-state index in [2.05, 4.69) is 61.1 Å². The van der Waals surface area contributed by atoms with Crippen molar-refractivity contribution in [3.05, 3.63) is 87.8 Å². The number of rotatable bonds is 5. The molecule has 0 amide bonds. The van der Waals surface area contributed by atoms with E-state index in [9.17, 15) is 0 Å². The van der Waals surface area contributed by atoms with Crippen molar-refractivity contribution in [3.8, 4) is 0 Å². The van der Waals surface area contributed by atoms with Crippen molar-refractivity contribution in [1.29, 1.82) is 0 Å². The largest absolute Gasteiger partial charge is 0.261 e. The molecule has 0 aromatic carbocycles. The van der Waals surface area contributed by atoms with Gasteiger partial charge < -0.3 is 0 Å². The molecule has 0 saturated carbocycles. The highest BCUT2D eigenvalue weighted by Crippen LogP contribution is 2.13. The van der Waals surface area contributed by atoms with Crippen molar-refractivity contribution in [2.24, 2.45) is 0 Å². The van der Waals surface area contributed by atoms with Gasteiger partial charge in [0.15, 0.2) is 0 Å². The molecule has 0 bridgehead atoms. The van der Waals surface area contributed by atoms with Gasteiger partial charge in [0, 0.05) is 41.1 Å². The topological polar surface area (TPSA) is 38.7 Å². The van der Waals surface area contributed by atoms with E-state index in [1.54, 1.807) is 0 Å². The third kappa shape index (κ3) is 4.96. The Hall–Kier alpha value is -2.55. The number of hydrogen-bond acceptors (Lipinski definition) is 3. The lowest BCUT2D eigenvalue weighted by Crippen LogP contribution is -2.03. The van der Waals surface area contributed by atoms with Crippen LogP contribution in [0.4, 0.5) is 0 Å². The molecule has 0 spiro atoms. The summed E-state index contributed by atoms with van der Waals surface area (Å²) < 4.78 is 0. The molecular formula is C22H25N3. The Kier molecular flexibility index (Phi) is 5.22. The van der Waals surface area contributed by atoms with Gasteiger partial charge in [-0.2, -0.15) is 0 Å². The van der Waals surface area contributed by atoms with Crippen molar-refractivity contribution in [2.45, 2.75) is 47.0 Å². The lowest BCUT2D eigenvalue weighted by atomic mass is 10.1. The van der Waals surface area contributed by atoms with Crippen LogP contribution in [0.15, 0.2) is 42.6 Å². The SMILES string of the molecule is Cc1ccnc(CCc2cc(C)cc(Cc3cc(C)cc(C)n3)n2)c1. The maximum Gasteiger partial charge on any atom is 0.0469 e. The molecule has 3 aromatic heterocycles. The van der Waals surface area contributed by atoms with Gasteiger partial charge in [-0.1, -0.05) is 0 Å². The number of aryl methyl sites for hydroxylation is 6. The zero-order valence-electron chi connectivity index (χ0n) is 15.5. The van der Waals surface area contributed by atoms with E-state index >= 15 is 0 Å². The maximum atomic E-state index is 4.86. The first-order chi connectivity index (χ1) is 12.0. The van der Waals surface area contributed by atoms with Crippen LogP contribution in [-0.4, -0.2) is 15.0 Å². The highest BCUT2D eigenvalue weighted by Gasteiger charge is 2.06. The second-order valence-electron chi connectivity index (χ2n) is 6.91. The summed E-state index contributed by atoms with van der Waals surface area (Å²) >= 11 is 0. The molecule has 0 radical (unpaired) electrons. The lowest BCUT2D eigenvalue weighted by Gasteiger charge is -2.08. The molecule has 0 fully saturated rings.